The average molecular weight is 268 g/mol. The third-order valence-electron chi connectivity index (χ3n) is 3.13. The van der Waals surface area contributed by atoms with E-state index >= 15 is 0 Å². The van der Waals surface area contributed by atoms with Gasteiger partial charge in [-0.15, -0.1) is 0 Å². The molecule has 1 saturated heterocycles. The molecular weight excluding hydrogens is 254 g/mol. The van der Waals surface area contributed by atoms with Crippen LogP contribution in [0.5, 0.6) is 0 Å². The number of hydrogen-bond donors (Lipinski definition) is 1. The molecule has 1 N–H and O–H groups in total. The van der Waals surface area contributed by atoms with Crippen LogP contribution in [0.3, 0.4) is 0 Å². The molecule has 18 heavy (non-hydrogen) atoms. The van der Waals surface area contributed by atoms with Crippen LogP contribution in [0.15, 0.2) is 6.20 Å². The third-order valence-corrected chi connectivity index (χ3v) is 3.29. The van der Waals surface area contributed by atoms with Gasteiger partial charge >= 0.3 is 0 Å². The SMILES string of the molecule is CN(CC1CCCO1)c1nc(Cl)nc2[nH]ncc12. The molecule has 0 radical (unpaired) electrons. The van der Waals surface area contributed by atoms with Gasteiger partial charge in [0.25, 0.3) is 0 Å². The molecular formula is C11H14ClN5O. The molecule has 6 nitrogen and oxygen atoms in total. The minimum Gasteiger partial charge on any atom is -0.376 e. The second-order valence-electron chi connectivity index (χ2n) is 4.46. The van der Waals surface area contributed by atoms with Gasteiger partial charge < -0.3 is 9.64 Å². The van der Waals surface area contributed by atoms with Gasteiger partial charge in [0, 0.05) is 20.2 Å². The van der Waals surface area contributed by atoms with Crippen molar-refractivity contribution in [2.45, 2.75) is 18.9 Å². The van der Waals surface area contributed by atoms with Crippen molar-refractivity contribution in [3.05, 3.63) is 11.5 Å². The normalized spacial score (nSPS) is 19.6. The summed E-state index contributed by atoms with van der Waals surface area (Å²) >= 11 is 5.91. The largest absolute Gasteiger partial charge is 0.376 e. The Labute approximate surface area is 109 Å². The first-order chi connectivity index (χ1) is 8.74. The number of nitrogens with one attached hydrogen (secondary N) is 1. The molecule has 0 amide bonds. The number of nitrogens with zero attached hydrogens (tertiary/aromatic N) is 4. The number of H-pyrrole nitrogens is 1. The Kier molecular flexibility index (Phi) is 3.05. The fraction of sp³-hybridized carbons (Fsp3) is 0.545. The molecule has 0 aliphatic carbocycles. The summed E-state index contributed by atoms with van der Waals surface area (Å²) in [6, 6.07) is 0. The van der Waals surface area contributed by atoms with Crippen LogP contribution in [0.2, 0.25) is 5.28 Å². The zero-order valence-electron chi connectivity index (χ0n) is 10.1. The molecule has 2 aromatic rings. The third kappa shape index (κ3) is 2.13. The highest BCUT2D eigenvalue weighted by molar-refractivity contribution is 6.28. The standard InChI is InChI=1S/C11H14ClN5O/c1-17(6-7-3-2-4-18-7)10-8-5-13-16-9(8)14-11(12)15-10/h5,7H,2-4,6H2,1H3,(H,13,14,15,16). The topological polar surface area (TPSA) is 66.9 Å². The number of likely N-dealkylation sites (N-methyl/N-ethyl adjacent to an activating group) is 1. The van der Waals surface area contributed by atoms with Crippen molar-refractivity contribution < 1.29 is 4.74 Å². The maximum absolute atomic E-state index is 5.91. The van der Waals surface area contributed by atoms with Gasteiger partial charge in [0.15, 0.2) is 5.65 Å². The number of hydrogen-bond acceptors (Lipinski definition) is 5. The van der Waals surface area contributed by atoms with Crippen molar-refractivity contribution >= 4 is 28.5 Å². The van der Waals surface area contributed by atoms with E-state index in [4.69, 9.17) is 16.3 Å². The monoisotopic (exact) mass is 267 g/mol. The summed E-state index contributed by atoms with van der Waals surface area (Å²) in [5.74, 6) is 0.786. The van der Waals surface area contributed by atoms with Gasteiger partial charge in [-0.1, -0.05) is 0 Å². The van der Waals surface area contributed by atoms with E-state index in [-0.39, 0.29) is 11.4 Å². The van der Waals surface area contributed by atoms with Crippen LogP contribution in [0.4, 0.5) is 5.82 Å². The van der Waals surface area contributed by atoms with Crippen molar-refractivity contribution in [2.75, 3.05) is 25.1 Å². The van der Waals surface area contributed by atoms with Crippen molar-refractivity contribution in [1.82, 2.24) is 20.2 Å². The Hall–Kier alpha value is -1.40. The number of rotatable bonds is 3. The van der Waals surface area contributed by atoms with Crippen molar-refractivity contribution in [3.63, 3.8) is 0 Å². The molecule has 3 heterocycles. The van der Waals surface area contributed by atoms with Crippen LogP contribution in [0, 0.1) is 0 Å². The predicted molar refractivity (Wildman–Crippen MR) is 68.9 cm³/mol. The Morgan fingerprint density at radius 3 is 3.22 bits per heavy atom. The van der Waals surface area contributed by atoms with E-state index in [0.29, 0.717) is 5.65 Å². The second-order valence-corrected chi connectivity index (χ2v) is 4.80. The summed E-state index contributed by atoms with van der Waals surface area (Å²) in [4.78, 5) is 10.4. The predicted octanol–water partition coefficient (Wildman–Crippen LogP) is 1.62. The Balaban J connectivity index is 1.89. The fourth-order valence-electron chi connectivity index (χ4n) is 2.26. The molecule has 0 aromatic carbocycles. The van der Waals surface area contributed by atoms with Gasteiger partial charge in [0.1, 0.15) is 5.82 Å². The van der Waals surface area contributed by atoms with E-state index < -0.39 is 0 Å². The summed E-state index contributed by atoms with van der Waals surface area (Å²) in [5, 5.41) is 7.88. The molecule has 1 aliphatic rings. The Bertz CT molecular complexity index is 551. The molecule has 1 atom stereocenters. The highest BCUT2D eigenvalue weighted by atomic mass is 35.5. The highest BCUT2D eigenvalue weighted by Crippen LogP contribution is 2.24. The van der Waals surface area contributed by atoms with E-state index in [1.165, 1.54) is 0 Å². The van der Waals surface area contributed by atoms with Crippen LogP contribution in [-0.4, -0.2) is 46.5 Å². The molecule has 0 saturated carbocycles. The molecule has 1 unspecified atom stereocenters. The number of ether oxygens (including phenoxy) is 1. The lowest BCUT2D eigenvalue weighted by atomic mass is 10.2. The average Bonchev–Trinajstić information content (AvgIpc) is 2.97. The molecule has 0 spiro atoms. The first-order valence-electron chi connectivity index (χ1n) is 5.93. The molecule has 2 aromatic heterocycles. The zero-order chi connectivity index (χ0) is 12.5. The highest BCUT2D eigenvalue weighted by Gasteiger charge is 2.20. The van der Waals surface area contributed by atoms with Crippen LogP contribution < -0.4 is 4.90 Å². The molecule has 0 bridgehead atoms. The summed E-state index contributed by atoms with van der Waals surface area (Å²) in [6.45, 7) is 1.65. The Morgan fingerprint density at radius 2 is 2.44 bits per heavy atom. The zero-order valence-corrected chi connectivity index (χ0v) is 10.8. The van der Waals surface area contributed by atoms with Crippen molar-refractivity contribution in [1.29, 1.82) is 0 Å². The van der Waals surface area contributed by atoms with E-state index in [2.05, 4.69) is 20.2 Å². The molecule has 7 heteroatoms. The van der Waals surface area contributed by atoms with Gasteiger partial charge in [-0.2, -0.15) is 15.1 Å². The Morgan fingerprint density at radius 1 is 1.56 bits per heavy atom. The first kappa shape index (κ1) is 11.7. The number of halogens is 1. The lowest BCUT2D eigenvalue weighted by Crippen LogP contribution is -2.29. The van der Waals surface area contributed by atoms with Crippen LogP contribution >= 0.6 is 11.6 Å². The summed E-state index contributed by atoms with van der Waals surface area (Å²) in [5.41, 5.74) is 0.657. The quantitative estimate of drug-likeness (QED) is 0.856. The van der Waals surface area contributed by atoms with Crippen molar-refractivity contribution in [2.24, 2.45) is 0 Å². The van der Waals surface area contributed by atoms with Gasteiger partial charge in [0.2, 0.25) is 5.28 Å². The maximum Gasteiger partial charge on any atom is 0.226 e. The van der Waals surface area contributed by atoms with Crippen LogP contribution in [0.25, 0.3) is 11.0 Å². The summed E-state index contributed by atoms with van der Waals surface area (Å²) in [6.07, 6.45) is 4.21. The number of anilines is 1. The number of fused-ring (bicyclic) bond motifs is 1. The summed E-state index contributed by atoms with van der Waals surface area (Å²) in [7, 11) is 1.98. The molecule has 1 fully saturated rings. The fourth-order valence-corrected chi connectivity index (χ4v) is 2.43. The first-order valence-corrected chi connectivity index (χ1v) is 6.31. The minimum atomic E-state index is 0.223. The summed E-state index contributed by atoms with van der Waals surface area (Å²) < 4.78 is 5.63. The van der Waals surface area contributed by atoms with Crippen LogP contribution in [0.1, 0.15) is 12.8 Å². The number of aromatic nitrogens is 4. The van der Waals surface area contributed by atoms with E-state index in [1.807, 2.05) is 11.9 Å². The lowest BCUT2D eigenvalue weighted by molar-refractivity contribution is 0.116. The van der Waals surface area contributed by atoms with Gasteiger partial charge in [-0.3, -0.25) is 5.10 Å². The molecule has 96 valence electrons. The van der Waals surface area contributed by atoms with E-state index in [1.54, 1.807) is 6.20 Å². The van der Waals surface area contributed by atoms with Crippen LogP contribution in [-0.2, 0) is 4.74 Å². The second kappa shape index (κ2) is 4.70. The van der Waals surface area contributed by atoms with Gasteiger partial charge in [-0.25, -0.2) is 0 Å². The number of aromatic amines is 1. The smallest absolute Gasteiger partial charge is 0.226 e. The molecule has 1 aliphatic heterocycles. The van der Waals surface area contributed by atoms with Gasteiger partial charge in [-0.05, 0) is 24.4 Å². The van der Waals surface area contributed by atoms with E-state index in [0.717, 1.165) is 37.2 Å². The van der Waals surface area contributed by atoms with E-state index in [9.17, 15) is 0 Å². The van der Waals surface area contributed by atoms with Gasteiger partial charge in [0.05, 0.1) is 17.7 Å². The molecule has 3 rings (SSSR count). The minimum absolute atomic E-state index is 0.223. The van der Waals surface area contributed by atoms with Crippen molar-refractivity contribution in [3.8, 4) is 0 Å². The lowest BCUT2D eigenvalue weighted by Gasteiger charge is -2.22. The maximum atomic E-state index is 5.91.